The first-order chi connectivity index (χ1) is 28.1. The monoisotopic (exact) mass is 840 g/mol. The van der Waals surface area contributed by atoms with Gasteiger partial charge in [-0.1, -0.05) is 172 Å². The number of carboxylic acids is 1. The largest absolute Gasteiger partial charge is 0.480 e. The highest BCUT2D eigenvalue weighted by atomic mass is 31.2. The highest BCUT2D eigenvalue weighted by Gasteiger charge is 2.28. The molecule has 0 aliphatic heterocycles. The highest BCUT2D eigenvalue weighted by Crippen LogP contribution is 2.43. The standard InChI is InChI=1S/C46H82NO10P/c1-3-5-7-9-11-13-15-17-19-20-21-22-24-26-28-30-32-34-36-38-45(49)57-42(40-55-58(52,53)56-41-43(47)46(50)51)39-54-44(48)37-35-33-31-29-27-25-23-18-16-14-12-10-8-6-4-2/h11,13,17,19,21-22,26,28,42-43H,3-10,12,14-16,18,20,23-25,27,29-41,47H2,1-2H3,(H,50,51)(H,52,53). The summed E-state index contributed by atoms with van der Waals surface area (Å²) in [7, 11) is -4.73. The van der Waals surface area contributed by atoms with Crippen LogP contribution in [0, 0.1) is 0 Å². The second-order valence-corrected chi connectivity index (χ2v) is 16.6. The lowest BCUT2D eigenvalue weighted by atomic mass is 10.0. The third-order valence-electron chi connectivity index (χ3n) is 9.58. The summed E-state index contributed by atoms with van der Waals surface area (Å²) in [4.78, 5) is 46.0. The van der Waals surface area contributed by atoms with Crippen LogP contribution in [0.2, 0.25) is 0 Å². The van der Waals surface area contributed by atoms with E-state index in [0.717, 1.165) is 57.8 Å². The number of esters is 2. The van der Waals surface area contributed by atoms with Crippen LogP contribution in [-0.4, -0.2) is 59.9 Å². The van der Waals surface area contributed by atoms with Crippen molar-refractivity contribution in [3.63, 3.8) is 0 Å². The number of ether oxygens (including phenoxy) is 2. The van der Waals surface area contributed by atoms with Gasteiger partial charge in [-0.25, -0.2) is 4.57 Å². The fourth-order valence-electron chi connectivity index (χ4n) is 5.99. The van der Waals surface area contributed by atoms with Gasteiger partial charge in [0.15, 0.2) is 6.10 Å². The van der Waals surface area contributed by atoms with Crippen molar-refractivity contribution < 1.29 is 47.5 Å². The van der Waals surface area contributed by atoms with Gasteiger partial charge in [-0.2, -0.15) is 0 Å². The molecule has 0 amide bonds. The fraction of sp³-hybridized carbons (Fsp3) is 0.761. The Balaban J connectivity index is 4.40. The number of rotatable bonds is 42. The number of carbonyl (C=O) groups is 3. The highest BCUT2D eigenvalue weighted by molar-refractivity contribution is 7.47. The second-order valence-electron chi connectivity index (χ2n) is 15.2. The number of phosphoric ester groups is 1. The van der Waals surface area contributed by atoms with Gasteiger partial charge in [-0.3, -0.25) is 23.4 Å². The van der Waals surface area contributed by atoms with Gasteiger partial charge in [-0.15, -0.1) is 0 Å². The molecule has 4 N–H and O–H groups in total. The first kappa shape index (κ1) is 55.4. The molecule has 0 saturated carbocycles. The van der Waals surface area contributed by atoms with Gasteiger partial charge >= 0.3 is 25.7 Å². The molecule has 3 unspecified atom stereocenters. The van der Waals surface area contributed by atoms with Crippen molar-refractivity contribution in [2.75, 3.05) is 19.8 Å². The Bertz CT molecular complexity index is 1170. The summed E-state index contributed by atoms with van der Waals surface area (Å²) >= 11 is 0. The number of unbranched alkanes of at least 4 members (excludes halogenated alkanes) is 20. The van der Waals surface area contributed by atoms with E-state index in [1.165, 1.54) is 96.3 Å². The molecule has 11 nitrogen and oxygen atoms in total. The Morgan fingerprint density at radius 3 is 1.40 bits per heavy atom. The van der Waals surface area contributed by atoms with E-state index in [0.29, 0.717) is 12.8 Å². The zero-order valence-corrected chi connectivity index (χ0v) is 37.3. The maximum atomic E-state index is 12.6. The zero-order valence-electron chi connectivity index (χ0n) is 36.4. The minimum atomic E-state index is -4.73. The molecule has 0 heterocycles. The van der Waals surface area contributed by atoms with Crippen molar-refractivity contribution >= 4 is 25.7 Å². The molecule has 0 aromatic carbocycles. The summed E-state index contributed by atoms with van der Waals surface area (Å²) < 4.78 is 32.7. The van der Waals surface area contributed by atoms with Crippen LogP contribution < -0.4 is 5.73 Å². The van der Waals surface area contributed by atoms with Crippen molar-refractivity contribution in [2.24, 2.45) is 5.73 Å². The maximum Gasteiger partial charge on any atom is 0.472 e. The van der Waals surface area contributed by atoms with Crippen LogP contribution in [0.15, 0.2) is 48.6 Å². The molecule has 0 aliphatic rings. The smallest absolute Gasteiger partial charge is 0.472 e. The zero-order chi connectivity index (χ0) is 42.8. The molecule has 0 aromatic rings. The van der Waals surface area contributed by atoms with E-state index < -0.39 is 51.1 Å². The molecule has 0 radical (unpaired) electrons. The summed E-state index contributed by atoms with van der Waals surface area (Å²) in [5, 5.41) is 8.89. The van der Waals surface area contributed by atoms with Crippen molar-refractivity contribution in [3.05, 3.63) is 48.6 Å². The number of phosphoric acid groups is 1. The van der Waals surface area contributed by atoms with E-state index >= 15 is 0 Å². The molecule has 0 aromatic heterocycles. The molecule has 336 valence electrons. The third-order valence-corrected chi connectivity index (χ3v) is 10.5. The average molecular weight is 840 g/mol. The average Bonchev–Trinajstić information content (AvgIpc) is 3.20. The Hall–Kier alpha value is -2.56. The predicted molar refractivity (Wildman–Crippen MR) is 235 cm³/mol. The topological polar surface area (TPSA) is 172 Å². The number of allylic oxidation sites excluding steroid dienone is 8. The summed E-state index contributed by atoms with van der Waals surface area (Å²) in [5.74, 6) is -2.41. The van der Waals surface area contributed by atoms with Gasteiger partial charge < -0.3 is 25.2 Å². The second kappa shape index (κ2) is 41.2. The Kier molecular flexibility index (Phi) is 39.4. The molecule has 0 saturated heterocycles. The van der Waals surface area contributed by atoms with Crippen LogP contribution in [0.5, 0.6) is 0 Å². The van der Waals surface area contributed by atoms with Crippen LogP contribution in [0.4, 0.5) is 0 Å². The number of carboxylic acid groups (broad SMARTS) is 1. The number of hydrogen-bond acceptors (Lipinski definition) is 9. The predicted octanol–water partition coefficient (Wildman–Crippen LogP) is 12.2. The molecule has 0 spiro atoms. The molecule has 12 heteroatoms. The number of carbonyl (C=O) groups excluding carboxylic acids is 2. The van der Waals surface area contributed by atoms with E-state index in [1.807, 2.05) is 0 Å². The number of hydrogen-bond donors (Lipinski definition) is 3. The molecular formula is C46H82NO10P. The van der Waals surface area contributed by atoms with Crippen LogP contribution in [0.25, 0.3) is 0 Å². The summed E-state index contributed by atoms with van der Waals surface area (Å²) in [6.45, 7) is 2.75. The molecule has 0 rings (SSSR count). The Morgan fingerprint density at radius 1 is 0.534 bits per heavy atom. The fourth-order valence-corrected chi connectivity index (χ4v) is 6.77. The number of aliphatic carboxylic acids is 1. The summed E-state index contributed by atoms with van der Waals surface area (Å²) in [6, 6.07) is -1.53. The van der Waals surface area contributed by atoms with Crippen LogP contribution in [-0.2, 0) is 37.5 Å². The van der Waals surface area contributed by atoms with Crippen molar-refractivity contribution in [1.82, 2.24) is 0 Å². The minimum Gasteiger partial charge on any atom is -0.480 e. The normalized spacial score (nSPS) is 14.1. The summed E-state index contributed by atoms with van der Waals surface area (Å²) in [5.41, 5.74) is 5.33. The van der Waals surface area contributed by atoms with E-state index in [9.17, 15) is 23.8 Å². The van der Waals surface area contributed by atoms with Gasteiger partial charge in [0, 0.05) is 12.8 Å². The maximum absolute atomic E-state index is 12.6. The lowest BCUT2D eigenvalue weighted by molar-refractivity contribution is -0.161. The Morgan fingerprint density at radius 2 is 0.914 bits per heavy atom. The first-order valence-electron chi connectivity index (χ1n) is 22.7. The van der Waals surface area contributed by atoms with E-state index in [-0.39, 0.29) is 19.4 Å². The van der Waals surface area contributed by atoms with Crippen molar-refractivity contribution in [3.8, 4) is 0 Å². The third kappa shape index (κ3) is 40.2. The van der Waals surface area contributed by atoms with E-state index in [2.05, 4.69) is 67.0 Å². The molecule has 58 heavy (non-hydrogen) atoms. The first-order valence-corrected chi connectivity index (χ1v) is 24.2. The lowest BCUT2D eigenvalue weighted by Gasteiger charge is -2.20. The molecule has 0 fully saturated rings. The minimum absolute atomic E-state index is 0.124. The van der Waals surface area contributed by atoms with Crippen LogP contribution in [0.3, 0.4) is 0 Å². The van der Waals surface area contributed by atoms with Crippen LogP contribution in [0.1, 0.15) is 194 Å². The van der Waals surface area contributed by atoms with Crippen LogP contribution >= 0.6 is 7.82 Å². The van der Waals surface area contributed by atoms with Gasteiger partial charge in [0.25, 0.3) is 0 Å². The summed E-state index contributed by atoms with van der Waals surface area (Å²) in [6.07, 6.45) is 46.0. The SMILES string of the molecule is CCCCCC=CCC=CCC=CCC=CCCCCCC(=O)OC(COC(=O)CCCCCCCCCCCCCCCCC)COP(=O)(O)OCC(N)C(=O)O. The van der Waals surface area contributed by atoms with E-state index in [4.69, 9.17) is 24.8 Å². The van der Waals surface area contributed by atoms with Gasteiger partial charge in [0.1, 0.15) is 12.6 Å². The molecular weight excluding hydrogens is 757 g/mol. The van der Waals surface area contributed by atoms with Crippen molar-refractivity contribution in [1.29, 1.82) is 0 Å². The lowest BCUT2D eigenvalue weighted by Crippen LogP contribution is -2.34. The molecule has 0 bridgehead atoms. The van der Waals surface area contributed by atoms with Gasteiger partial charge in [-0.05, 0) is 57.8 Å². The number of nitrogens with two attached hydrogens (primary N) is 1. The van der Waals surface area contributed by atoms with E-state index in [1.54, 1.807) is 0 Å². The Labute approximate surface area is 352 Å². The molecule has 0 aliphatic carbocycles. The van der Waals surface area contributed by atoms with Gasteiger partial charge in [0.2, 0.25) is 0 Å². The quantitative estimate of drug-likeness (QED) is 0.0231. The van der Waals surface area contributed by atoms with Gasteiger partial charge in [0.05, 0.1) is 13.2 Å². The molecule has 3 atom stereocenters. The van der Waals surface area contributed by atoms with Crippen molar-refractivity contribution in [2.45, 2.75) is 206 Å².